The molecule has 43 heavy (non-hydrogen) atoms. The van der Waals surface area contributed by atoms with Gasteiger partial charge in [-0.25, -0.2) is 18.6 Å². The molecule has 2 N–H and O–H groups in total. The van der Waals surface area contributed by atoms with Crippen LogP contribution in [-0.4, -0.2) is 88.6 Å². The van der Waals surface area contributed by atoms with Crippen molar-refractivity contribution < 1.29 is 32.6 Å². The number of carbonyl (C=O) groups is 3. The monoisotopic (exact) mass is 627 g/mol. The van der Waals surface area contributed by atoms with Crippen LogP contribution in [0, 0.1) is 11.8 Å². The molecule has 1 aromatic rings. The third-order valence-electron chi connectivity index (χ3n) is 8.52. The summed E-state index contributed by atoms with van der Waals surface area (Å²) >= 11 is 1.17. The number of amides is 3. The summed E-state index contributed by atoms with van der Waals surface area (Å²) in [6.07, 6.45) is 3.69. The number of rotatable bonds is 8. The molecule has 3 aliphatic rings. The van der Waals surface area contributed by atoms with Crippen molar-refractivity contribution in [3.8, 4) is 0 Å². The van der Waals surface area contributed by atoms with Crippen LogP contribution in [0.5, 0.6) is 0 Å². The molecule has 1 aromatic heterocycles. The first-order valence-corrected chi connectivity index (χ1v) is 16.2. The first kappa shape index (κ1) is 33.5. The smallest absolute Gasteiger partial charge is 0.408 e. The van der Waals surface area contributed by atoms with Crippen LogP contribution in [0.2, 0.25) is 0 Å². The molecule has 10 nitrogen and oxygen atoms in total. The fraction of sp³-hybridized carbons (Fsp3) is 0.800. The number of anilines is 1. The van der Waals surface area contributed by atoms with E-state index < -0.39 is 48.6 Å². The van der Waals surface area contributed by atoms with Gasteiger partial charge in [-0.2, -0.15) is 0 Å². The Bertz CT molecular complexity index is 1140. The number of thiazole rings is 1. The highest BCUT2D eigenvalue weighted by Gasteiger charge is 2.43. The lowest BCUT2D eigenvalue weighted by molar-refractivity contribution is -0.153. The van der Waals surface area contributed by atoms with E-state index >= 15 is 0 Å². The van der Waals surface area contributed by atoms with E-state index in [1.165, 1.54) is 16.2 Å². The Balaban J connectivity index is 1.54. The van der Waals surface area contributed by atoms with Gasteiger partial charge in [-0.1, -0.05) is 31.1 Å². The van der Waals surface area contributed by atoms with Gasteiger partial charge in [-0.15, -0.1) is 0 Å². The molecule has 0 radical (unpaired) electrons. The summed E-state index contributed by atoms with van der Waals surface area (Å²) in [5.41, 5.74) is -0.718. The standard InChI is InChI=1S/C30H47F2N5O5S/c1-18-7-9-21(10-8-18)25(34-28(40)42-29(4,5)6)26(39)35-27-33-13-23(43-27)22(15-36-14-20(3)41-16-19(36)2)37-17-30(31,32)12-11-24(37)38/h13,18-22,25H,7-12,14-17H2,1-6H3,(H,34,40)(H,33,35,39)/t18?,19-,20-,21?,22?,25-/m0/s1. The van der Waals surface area contributed by atoms with Crippen molar-refractivity contribution in [2.75, 3.05) is 31.6 Å². The molecule has 13 heteroatoms. The zero-order chi connectivity index (χ0) is 31.5. The quantitative estimate of drug-likeness (QED) is 0.407. The van der Waals surface area contributed by atoms with Crippen LogP contribution in [0.25, 0.3) is 0 Å². The summed E-state index contributed by atoms with van der Waals surface area (Å²) in [5, 5.41) is 5.93. The van der Waals surface area contributed by atoms with Crippen LogP contribution < -0.4 is 10.6 Å². The summed E-state index contributed by atoms with van der Waals surface area (Å²) in [6.45, 7) is 12.2. The van der Waals surface area contributed by atoms with Gasteiger partial charge in [-0.3, -0.25) is 14.5 Å². The number of hydrogen-bond acceptors (Lipinski definition) is 8. The number of alkyl carbamates (subject to hydrolysis) is 1. The summed E-state index contributed by atoms with van der Waals surface area (Å²) < 4.78 is 40.3. The molecule has 3 heterocycles. The van der Waals surface area contributed by atoms with Gasteiger partial charge in [0.15, 0.2) is 5.13 Å². The number of hydrogen-bond donors (Lipinski definition) is 2. The number of nitrogens with zero attached hydrogens (tertiary/aromatic N) is 3. The maximum Gasteiger partial charge on any atom is 0.408 e. The lowest BCUT2D eigenvalue weighted by Gasteiger charge is -2.43. The SMILES string of the molecule is CC1CCC([C@H](NC(=O)OC(C)(C)C)C(=O)Nc2ncc(C(CN3C[C@H](C)OC[C@@H]3C)N3CC(F)(F)CCC3=O)s2)CC1. The van der Waals surface area contributed by atoms with E-state index in [-0.39, 0.29) is 35.5 Å². The molecule has 1 aliphatic carbocycles. The molecule has 3 fully saturated rings. The van der Waals surface area contributed by atoms with Gasteiger partial charge in [0.05, 0.1) is 30.2 Å². The minimum Gasteiger partial charge on any atom is -0.444 e. The second-order valence-corrected chi connectivity index (χ2v) is 14.6. The molecule has 1 unspecified atom stereocenters. The topological polar surface area (TPSA) is 113 Å². The van der Waals surface area contributed by atoms with Gasteiger partial charge in [0, 0.05) is 38.2 Å². The number of halogens is 2. The molecular weight excluding hydrogens is 580 g/mol. The highest BCUT2D eigenvalue weighted by Crippen LogP contribution is 2.37. The van der Waals surface area contributed by atoms with E-state index in [0.29, 0.717) is 30.5 Å². The highest BCUT2D eigenvalue weighted by atomic mass is 32.1. The van der Waals surface area contributed by atoms with Gasteiger partial charge >= 0.3 is 6.09 Å². The van der Waals surface area contributed by atoms with Crippen LogP contribution in [0.15, 0.2) is 6.20 Å². The van der Waals surface area contributed by atoms with Crippen molar-refractivity contribution in [2.45, 2.75) is 116 Å². The Morgan fingerprint density at radius 2 is 1.91 bits per heavy atom. The Labute approximate surface area is 257 Å². The molecule has 1 saturated carbocycles. The normalized spacial score (nSPS) is 28.2. The van der Waals surface area contributed by atoms with Crippen molar-refractivity contribution in [2.24, 2.45) is 11.8 Å². The lowest BCUT2D eigenvalue weighted by atomic mass is 9.79. The second-order valence-electron chi connectivity index (χ2n) is 13.5. The van der Waals surface area contributed by atoms with Crippen molar-refractivity contribution in [3.63, 3.8) is 0 Å². The van der Waals surface area contributed by atoms with Gasteiger partial charge in [0.25, 0.3) is 5.92 Å². The van der Waals surface area contributed by atoms with Crippen LogP contribution in [0.4, 0.5) is 18.7 Å². The van der Waals surface area contributed by atoms with Crippen LogP contribution in [0.3, 0.4) is 0 Å². The van der Waals surface area contributed by atoms with E-state index in [2.05, 4.69) is 27.4 Å². The lowest BCUT2D eigenvalue weighted by Crippen LogP contribution is -2.54. The summed E-state index contributed by atoms with van der Waals surface area (Å²) in [7, 11) is 0. The van der Waals surface area contributed by atoms with E-state index in [1.54, 1.807) is 27.0 Å². The number of nitrogens with one attached hydrogen (secondary N) is 2. The molecule has 2 aliphatic heterocycles. The number of aromatic nitrogens is 1. The zero-order valence-corrected chi connectivity index (χ0v) is 27.0. The molecular formula is C30H47F2N5O5S. The average molecular weight is 628 g/mol. The molecule has 2 saturated heterocycles. The van der Waals surface area contributed by atoms with E-state index in [0.717, 1.165) is 25.7 Å². The molecule has 0 spiro atoms. The van der Waals surface area contributed by atoms with E-state index in [4.69, 9.17) is 9.47 Å². The zero-order valence-electron chi connectivity index (χ0n) is 26.2. The molecule has 0 aromatic carbocycles. The number of carbonyl (C=O) groups excluding carboxylic acids is 3. The number of piperidine rings is 1. The van der Waals surface area contributed by atoms with Gasteiger partial charge in [-0.05, 0) is 59.3 Å². The van der Waals surface area contributed by atoms with Gasteiger partial charge < -0.3 is 25.0 Å². The molecule has 3 amide bonds. The second kappa shape index (κ2) is 13.7. The van der Waals surface area contributed by atoms with Crippen molar-refractivity contribution >= 4 is 34.4 Å². The summed E-state index contributed by atoms with van der Waals surface area (Å²) in [4.78, 5) is 47.7. The van der Waals surface area contributed by atoms with Crippen LogP contribution >= 0.6 is 11.3 Å². The third-order valence-corrected chi connectivity index (χ3v) is 9.53. The predicted molar refractivity (Wildman–Crippen MR) is 160 cm³/mol. The largest absolute Gasteiger partial charge is 0.444 e. The van der Waals surface area contributed by atoms with Crippen molar-refractivity contribution in [1.29, 1.82) is 0 Å². The molecule has 242 valence electrons. The summed E-state index contributed by atoms with van der Waals surface area (Å²) in [5.74, 6) is -3.21. The fourth-order valence-corrected chi connectivity index (χ4v) is 6.98. The molecule has 0 bridgehead atoms. The van der Waals surface area contributed by atoms with Gasteiger partial charge in [0.1, 0.15) is 11.6 Å². The minimum atomic E-state index is -2.98. The Morgan fingerprint density at radius 3 is 2.58 bits per heavy atom. The molecule has 4 atom stereocenters. The first-order chi connectivity index (χ1) is 20.1. The van der Waals surface area contributed by atoms with Crippen molar-refractivity contribution in [1.82, 2.24) is 20.1 Å². The molecule has 4 rings (SSSR count). The number of ether oxygens (including phenoxy) is 2. The third kappa shape index (κ3) is 9.31. The number of morpholine rings is 1. The Hall–Kier alpha value is -2.38. The predicted octanol–water partition coefficient (Wildman–Crippen LogP) is 5.21. The number of alkyl halides is 2. The van der Waals surface area contributed by atoms with Crippen molar-refractivity contribution in [3.05, 3.63) is 11.1 Å². The minimum absolute atomic E-state index is 0.0242. The fourth-order valence-electron chi connectivity index (χ4n) is 6.06. The maximum atomic E-state index is 14.6. The maximum absolute atomic E-state index is 14.6. The van der Waals surface area contributed by atoms with Gasteiger partial charge in [0.2, 0.25) is 11.8 Å². The van der Waals surface area contributed by atoms with E-state index in [1.807, 2.05) is 13.8 Å². The summed E-state index contributed by atoms with van der Waals surface area (Å²) in [6, 6.07) is -1.43. The van der Waals surface area contributed by atoms with E-state index in [9.17, 15) is 23.2 Å². The highest BCUT2D eigenvalue weighted by molar-refractivity contribution is 7.15. The van der Waals surface area contributed by atoms with Crippen LogP contribution in [0.1, 0.15) is 91.0 Å². The Morgan fingerprint density at radius 1 is 1.21 bits per heavy atom. The Kier molecular flexibility index (Phi) is 10.7. The van der Waals surface area contributed by atoms with Crippen LogP contribution in [-0.2, 0) is 19.1 Å². The number of likely N-dealkylation sites (tertiary alicyclic amines) is 1. The first-order valence-electron chi connectivity index (χ1n) is 15.4. The average Bonchev–Trinajstić information content (AvgIpc) is 3.37.